The zero-order chi connectivity index (χ0) is 17.9. The van der Waals surface area contributed by atoms with E-state index in [0.29, 0.717) is 25.9 Å². The summed E-state index contributed by atoms with van der Waals surface area (Å²) < 4.78 is 0. The summed E-state index contributed by atoms with van der Waals surface area (Å²) in [4.78, 5) is 26.0. The van der Waals surface area contributed by atoms with E-state index in [4.69, 9.17) is 0 Å². The number of hydrogen-bond acceptors (Lipinski definition) is 3. The van der Waals surface area contributed by atoms with Crippen LogP contribution in [0.5, 0.6) is 0 Å². The van der Waals surface area contributed by atoms with Crippen molar-refractivity contribution < 1.29 is 9.59 Å². The minimum absolute atomic E-state index is 0.00818. The molecule has 0 bridgehead atoms. The van der Waals surface area contributed by atoms with Gasteiger partial charge >= 0.3 is 0 Å². The van der Waals surface area contributed by atoms with Crippen molar-refractivity contribution in [2.24, 2.45) is 5.92 Å². The quantitative estimate of drug-likeness (QED) is 0.856. The van der Waals surface area contributed by atoms with Crippen molar-refractivity contribution in [2.45, 2.75) is 37.1 Å². The van der Waals surface area contributed by atoms with Gasteiger partial charge in [-0.15, -0.1) is 0 Å². The lowest BCUT2D eigenvalue weighted by Crippen LogP contribution is -2.55. The van der Waals surface area contributed by atoms with Gasteiger partial charge in [-0.05, 0) is 37.3 Å². The molecule has 1 aromatic carbocycles. The fraction of sp³-hybridized carbons (Fsp3) is 0.450. The van der Waals surface area contributed by atoms with Crippen molar-refractivity contribution in [3.05, 3.63) is 48.6 Å². The molecule has 1 saturated heterocycles. The molecule has 0 radical (unpaired) electrons. The van der Waals surface area contributed by atoms with E-state index in [2.05, 4.69) is 18.0 Å². The Morgan fingerprint density at radius 2 is 2.04 bits per heavy atom. The largest absolute Gasteiger partial charge is 0.353 e. The Morgan fingerprint density at radius 3 is 2.68 bits per heavy atom. The van der Waals surface area contributed by atoms with Crippen molar-refractivity contribution in [3.63, 3.8) is 0 Å². The molecule has 2 aliphatic rings. The second kappa shape index (κ2) is 7.10. The van der Waals surface area contributed by atoms with Gasteiger partial charge in [0.25, 0.3) is 0 Å². The molecular weight excluding hydrogens is 314 g/mol. The van der Waals surface area contributed by atoms with Gasteiger partial charge in [-0.25, -0.2) is 0 Å². The fourth-order valence-electron chi connectivity index (χ4n) is 3.87. The number of nitrogens with one attached hydrogen (secondary N) is 1. The average molecular weight is 337 g/mol. The Hall–Kier alpha value is -2.61. The van der Waals surface area contributed by atoms with E-state index in [0.717, 1.165) is 18.4 Å². The summed E-state index contributed by atoms with van der Waals surface area (Å²) in [6, 6.07) is 12.2. The summed E-state index contributed by atoms with van der Waals surface area (Å²) in [6.45, 7) is 4.64. The van der Waals surface area contributed by atoms with E-state index in [-0.39, 0.29) is 23.8 Å². The maximum Gasteiger partial charge on any atom is 0.245 e. The van der Waals surface area contributed by atoms with Gasteiger partial charge < -0.3 is 10.2 Å². The fourth-order valence-corrected chi connectivity index (χ4v) is 3.87. The molecule has 2 fully saturated rings. The van der Waals surface area contributed by atoms with E-state index in [1.807, 2.05) is 30.3 Å². The monoisotopic (exact) mass is 337 g/mol. The van der Waals surface area contributed by atoms with Gasteiger partial charge in [0.15, 0.2) is 0 Å². The van der Waals surface area contributed by atoms with Gasteiger partial charge in [-0.1, -0.05) is 36.9 Å². The van der Waals surface area contributed by atoms with Crippen LogP contribution in [0.15, 0.2) is 43.0 Å². The lowest BCUT2D eigenvalue weighted by atomic mass is 9.62. The van der Waals surface area contributed by atoms with E-state index in [1.54, 1.807) is 4.90 Å². The Balaban J connectivity index is 1.56. The van der Waals surface area contributed by atoms with Gasteiger partial charge in [-0.2, -0.15) is 5.26 Å². The van der Waals surface area contributed by atoms with Gasteiger partial charge in [0.1, 0.15) is 0 Å². The molecule has 0 spiro atoms. The molecule has 130 valence electrons. The van der Waals surface area contributed by atoms with Crippen molar-refractivity contribution >= 4 is 11.8 Å². The first-order valence-corrected chi connectivity index (χ1v) is 8.76. The first kappa shape index (κ1) is 17.2. The van der Waals surface area contributed by atoms with Crippen LogP contribution >= 0.6 is 0 Å². The summed E-state index contributed by atoms with van der Waals surface area (Å²) in [7, 11) is 0. The SMILES string of the molecule is C=CC(=O)N1CCCC(C(=O)NC2CC(C#N)(c3ccccc3)C2)C1. The van der Waals surface area contributed by atoms with Crippen molar-refractivity contribution in [2.75, 3.05) is 13.1 Å². The third-order valence-electron chi connectivity index (χ3n) is 5.35. The number of likely N-dealkylation sites (tertiary alicyclic amines) is 1. The zero-order valence-electron chi connectivity index (χ0n) is 14.3. The van der Waals surface area contributed by atoms with E-state index < -0.39 is 5.41 Å². The second-order valence-corrected chi connectivity index (χ2v) is 7.00. The van der Waals surface area contributed by atoms with E-state index in [1.165, 1.54) is 6.08 Å². The lowest BCUT2D eigenvalue weighted by molar-refractivity contribution is -0.132. The number of carbonyl (C=O) groups excluding carboxylic acids is 2. The average Bonchev–Trinajstić information content (AvgIpc) is 2.64. The second-order valence-electron chi connectivity index (χ2n) is 7.00. The molecule has 1 N–H and O–H groups in total. The highest BCUT2D eigenvalue weighted by Gasteiger charge is 2.47. The van der Waals surface area contributed by atoms with Crippen molar-refractivity contribution in [1.29, 1.82) is 5.26 Å². The molecule has 2 amide bonds. The van der Waals surface area contributed by atoms with Crippen LogP contribution in [0, 0.1) is 17.2 Å². The Labute approximate surface area is 148 Å². The molecule has 5 heteroatoms. The number of amides is 2. The Bertz CT molecular complexity index is 701. The first-order valence-electron chi connectivity index (χ1n) is 8.76. The Morgan fingerprint density at radius 1 is 1.32 bits per heavy atom. The van der Waals surface area contributed by atoms with Gasteiger partial charge in [0.2, 0.25) is 11.8 Å². The molecule has 25 heavy (non-hydrogen) atoms. The highest BCUT2D eigenvalue weighted by Crippen LogP contribution is 2.43. The number of nitrogens with zero attached hydrogens (tertiary/aromatic N) is 2. The summed E-state index contributed by atoms with van der Waals surface area (Å²) in [5, 5.41) is 12.7. The molecule has 1 saturated carbocycles. The molecule has 1 heterocycles. The standard InChI is InChI=1S/C20H23N3O2/c1-2-18(24)23-10-6-7-15(13-23)19(25)22-17-11-20(12-17,14-21)16-8-4-3-5-9-16/h2-5,8-9,15,17H,1,6-7,10-13H2,(H,22,25). The molecular formula is C20H23N3O2. The van der Waals surface area contributed by atoms with Crippen molar-refractivity contribution in [3.8, 4) is 6.07 Å². The van der Waals surface area contributed by atoms with Crippen LogP contribution < -0.4 is 5.32 Å². The molecule has 1 aromatic rings. The molecule has 0 aromatic heterocycles. The van der Waals surface area contributed by atoms with Crippen LogP contribution in [0.4, 0.5) is 0 Å². The van der Waals surface area contributed by atoms with Crippen molar-refractivity contribution in [1.82, 2.24) is 10.2 Å². The topological polar surface area (TPSA) is 73.2 Å². The van der Waals surface area contributed by atoms with Gasteiger partial charge in [0.05, 0.1) is 17.4 Å². The Kier molecular flexibility index (Phi) is 4.89. The molecule has 1 aliphatic carbocycles. The van der Waals surface area contributed by atoms with Crippen LogP contribution in [0.25, 0.3) is 0 Å². The molecule has 1 aliphatic heterocycles. The summed E-state index contributed by atoms with van der Waals surface area (Å²) >= 11 is 0. The minimum Gasteiger partial charge on any atom is -0.353 e. The number of carbonyl (C=O) groups is 2. The number of nitriles is 1. The summed E-state index contributed by atoms with van der Waals surface area (Å²) in [5.41, 5.74) is 0.528. The predicted octanol–water partition coefficient (Wildman–Crippen LogP) is 2.15. The molecule has 3 rings (SSSR count). The van der Waals surface area contributed by atoms with E-state index in [9.17, 15) is 14.9 Å². The maximum atomic E-state index is 12.5. The zero-order valence-corrected chi connectivity index (χ0v) is 14.3. The van der Waals surface area contributed by atoms with Crippen LogP contribution in [0.1, 0.15) is 31.2 Å². The number of rotatable bonds is 4. The third kappa shape index (κ3) is 3.43. The molecule has 5 nitrogen and oxygen atoms in total. The van der Waals surface area contributed by atoms with Gasteiger partial charge in [-0.3, -0.25) is 9.59 Å². The van der Waals surface area contributed by atoms with Crippen LogP contribution in [-0.4, -0.2) is 35.8 Å². The van der Waals surface area contributed by atoms with Crippen LogP contribution in [-0.2, 0) is 15.0 Å². The predicted molar refractivity (Wildman–Crippen MR) is 94.4 cm³/mol. The maximum absolute atomic E-state index is 12.5. The van der Waals surface area contributed by atoms with Crippen LogP contribution in [0.2, 0.25) is 0 Å². The normalized spacial score (nSPS) is 28.4. The van der Waals surface area contributed by atoms with E-state index >= 15 is 0 Å². The van der Waals surface area contributed by atoms with Gasteiger partial charge in [0, 0.05) is 19.1 Å². The summed E-state index contributed by atoms with van der Waals surface area (Å²) in [5.74, 6) is -0.300. The smallest absolute Gasteiger partial charge is 0.245 e. The summed E-state index contributed by atoms with van der Waals surface area (Å²) in [6.07, 6.45) is 4.20. The first-order chi connectivity index (χ1) is 12.1. The lowest BCUT2D eigenvalue weighted by Gasteiger charge is -2.44. The third-order valence-corrected chi connectivity index (χ3v) is 5.35. The highest BCUT2D eigenvalue weighted by atomic mass is 16.2. The highest BCUT2D eigenvalue weighted by molar-refractivity contribution is 5.88. The van der Waals surface area contributed by atoms with Crippen LogP contribution in [0.3, 0.4) is 0 Å². The minimum atomic E-state index is -0.489. The number of piperidine rings is 1. The number of hydrogen-bond donors (Lipinski definition) is 1. The molecule has 1 unspecified atom stereocenters. The number of benzene rings is 1. The molecule has 1 atom stereocenters.